The molecule has 1 heterocycles. The number of methoxy groups -OCH3 is 1. The first kappa shape index (κ1) is 10.1. The van der Waals surface area contributed by atoms with Crippen molar-refractivity contribution in [1.82, 2.24) is 10.2 Å². The number of rotatable bonds is 2. The molecule has 0 amide bonds. The Balaban J connectivity index is 2.23. The van der Waals surface area contributed by atoms with Crippen molar-refractivity contribution in [2.75, 3.05) is 7.11 Å². The third kappa shape index (κ3) is 1.73. The van der Waals surface area contributed by atoms with Crippen LogP contribution in [0, 0.1) is 0 Å². The molecule has 0 aromatic carbocycles. The van der Waals surface area contributed by atoms with Crippen LogP contribution in [0.15, 0.2) is 4.42 Å². The summed E-state index contributed by atoms with van der Waals surface area (Å²) in [7, 11) is 1.30. The Morgan fingerprint density at radius 3 is 2.67 bits per heavy atom. The predicted molar refractivity (Wildman–Crippen MR) is 51.5 cm³/mol. The van der Waals surface area contributed by atoms with Crippen molar-refractivity contribution in [2.45, 2.75) is 38.0 Å². The van der Waals surface area contributed by atoms with Crippen molar-refractivity contribution < 1.29 is 13.9 Å². The Labute approximate surface area is 87.8 Å². The van der Waals surface area contributed by atoms with Gasteiger partial charge in [0.15, 0.2) is 0 Å². The Bertz CT molecular complexity index is 366. The summed E-state index contributed by atoms with van der Waals surface area (Å²) in [6.45, 7) is 2.09. The van der Waals surface area contributed by atoms with Gasteiger partial charge in [-0.15, -0.1) is 10.2 Å². The monoisotopic (exact) mass is 210 g/mol. The second-order valence-corrected chi connectivity index (χ2v) is 4.17. The van der Waals surface area contributed by atoms with Crippen LogP contribution in [0.2, 0.25) is 0 Å². The molecule has 1 aliphatic carbocycles. The molecule has 82 valence electrons. The molecule has 0 atom stereocenters. The van der Waals surface area contributed by atoms with Crippen molar-refractivity contribution in [3.8, 4) is 0 Å². The molecule has 0 N–H and O–H groups in total. The van der Waals surface area contributed by atoms with Gasteiger partial charge in [-0.05, 0) is 12.8 Å². The third-order valence-corrected chi connectivity index (χ3v) is 3.01. The molecule has 1 saturated carbocycles. The van der Waals surface area contributed by atoms with E-state index in [2.05, 4.69) is 21.9 Å². The van der Waals surface area contributed by atoms with Crippen molar-refractivity contribution in [2.24, 2.45) is 0 Å². The highest BCUT2D eigenvalue weighted by Gasteiger charge is 2.36. The Morgan fingerprint density at radius 1 is 1.40 bits per heavy atom. The molecule has 0 spiro atoms. The van der Waals surface area contributed by atoms with E-state index in [9.17, 15) is 4.79 Å². The number of esters is 1. The van der Waals surface area contributed by atoms with Gasteiger partial charge in [0.25, 0.3) is 0 Å². The molecule has 0 radical (unpaired) electrons. The highest BCUT2D eigenvalue weighted by molar-refractivity contribution is 5.83. The molecule has 2 rings (SSSR count). The van der Waals surface area contributed by atoms with E-state index in [1.54, 1.807) is 0 Å². The van der Waals surface area contributed by atoms with Gasteiger partial charge in [0.1, 0.15) is 0 Å². The highest BCUT2D eigenvalue weighted by atomic mass is 16.5. The zero-order chi connectivity index (χ0) is 10.9. The van der Waals surface area contributed by atoms with Crippen LogP contribution in [0.5, 0.6) is 0 Å². The number of carbonyl (C=O) groups excluding carboxylic acids is 1. The van der Waals surface area contributed by atoms with Gasteiger partial charge in [0.05, 0.1) is 7.11 Å². The fourth-order valence-electron chi connectivity index (χ4n) is 2.01. The summed E-state index contributed by atoms with van der Waals surface area (Å²) in [5.41, 5.74) is -0.0563. The van der Waals surface area contributed by atoms with E-state index in [-0.39, 0.29) is 11.3 Å². The average Bonchev–Trinajstić information content (AvgIpc) is 2.85. The molecule has 5 nitrogen and oxygen atoms in total. The van der Waals surface area contributed by atoms with Gasteiger partial charge in [-0.3, -0.25) is 0 Å². The minimum absolute atomic E-state index is 0.0550. The molecule has 0 unspecified atom stereocenters. The lowest BCUT2D eigenvalue weighted by Gasteiger charge is -2.17. The van der Waals surface area contributed by atoms with Gasteiger partial charge >= 0.3 is 11.9 Å². The lowest BCUT2D eigenvalue weighted by atomic mass is 9.89. The summed E-state index contributed by atoms with van der Waals surface area (Å²) in [5, 5.41) is 7.61. The maximum absolute atomic E-state index is 11.1. The van der Waals surface area contributed by atoms with Crippen LogP contribution in [0.3, 0.4) is 0 Å². The first-order valence-electron chi connectivity index (χ1n) is 5.08. The van der Waals surface area contributed by atoms with E-state index >= 15 is 0 Å². The lowest BCUT2D eigenvalue weighted by Crippen LogP contribution is -2.17. The van der Waals surface area contributed by atoms with E-state index in [1.165, 1.54) is 20.0 Å². The molecule has 1 aliphatic rings. The standard InChI is InChI=1S/C10H14N2O3/c1-10(5-3-4-6-10)9-12-11-7(15-9)8(13)14-2/h3-6H2,1-2H3. The van der Waals surface area contributed by atoms with E-state index < -0.39 is 5.97 Å². The number of nitrogens with zero attached hydrogens (tertiary/aromatic N) is 2. The van der Waals surface area contributed by atoms with Crippen LogP contribution in [0.25, 0.3) is 0 Å². The number of carbonyl (C=O) groups is 1. The maximum atomic E-state index is 11.1. The van der Waals surface area contributed by atoms with Gasteiger partial charge in [0, 0.05) is 5.41 Å². The minimum Gasteiger partial charge on any atom is -0.462 e. The van der Waals surface area contributed by atoms with Crippen LogP contribution in [0.1, 0.15) is 49.2 Å². The molecule has 1 aromatic heterocycles. The summed E-state index contributed by atoms with van der Waals surface area (Å²) in [5.74, 6) is -0.0728. The smallest absolute Gasteiger partial charge is 0.396 e. The van der Waals surface area contributed by atoms with E-state index in [0.717, 1.165) is 12.8 Å². The topological polar surface area (TPSA) is 65.2 Å². The third-order valence-electron chi connectivity index (χ3n) is 3.01. The van der Waals surface area contributed by atoms with Crippen LogP contribution in [-0.2, 0) is 10.2 Å². The molecule has 0 bridgehead atoms. The molecule has 15 heavy (non-hydrogen) atoms. The molecular weight excluding hydrogens is 196 g/mol. The molecule has 0 aliphatic heterocycles. The maximum Gasteiger partial charge on any atom is 0.396 e. The molecule has 0 saturated heterocycles. The highest BCUT2D eigenvalue weighted by Crippen LogP contribution is 2.39. The fraction of sp³-hybridized carbons (Fsp3) is 0.700. The quantitative estimate of drug-likeness (QED) is 0.695. The molecule has 5 heteroatoms. The number of hydrogen-bond donors (Lipinski definition) is 0. The SMILES string of the molecule is COC(=O)c1nnc(C2(C)CCCC2)o1. The van der Waals surface area contributed by atoms with Gasteiger partial charge < -0.3 is 9.15 Å². The Morgan fingerprint density at radius 2 is 2.07 bits per heavy atom. The predicted octanol–water partition coefficient (Wildman–Crippen LogP) is 1.69. The Kier molecular flexibility index (Phi) is 2.46. The first-order chi connectivity index (χ1) is 7.15. The van der Waals surface area contributed by atoms with Crippen LogP contribution in [0.4, 0.5) is 0 Å². The summed E-state index contributed by atoms with van der Waals surface area (Å²) in [6, 6.07) is 0. The molecule has 1 fully saturated rings. The van der Waals surface area contributed by atoms with Gasteiger partial charge in [0.2, 0.25) is 5.89 Å². The number of aromatic nitrogens is 2. The largest absolute Gasteiger partial charge is 0.462 e. The number of hydrogen-bond acceptors (Lipinski definition) is 5. The van der Waals surface area contributed by atoms with Gasteiger partial charge in [-0.2, -0.15) is 0 Å². The fourth-order valence-corrected chi connectivity index (χ4v) is 2.01. The average molecular weight is 210 g/mol. The van der Waals surface area contributed by atoms with E-state index in [1.807, 2.05) is 0 Å². The second kappa shape index (κ2) is 3.64. The molecular formula is C10H14N2O3. The second-order valence-electron chi connectivity index (χ2n) is 4.17. The summed E-state index contributed by atoms with van der Waals surface area (Å²) in [4.78, 5) is 11.1. The van der Waals surface area contributed by atoms with Gasteiger partial charge in [-0.25, -0.2) is 4.79 Å². The lowest BCUT2D eigenvalue weighted by molar-refractivity contribution is 0.0551. The zero-order valence-electron chi connectivity index (χ0n) is 8.95. The van der Waals surface area contributed by atoms with E-state index in [4.69, 9.17) is 4.42 Å². The number of ether oxygens (including phenoxy) is 1. The van der Waals surface area contributed by atoms with Crippen LogP contribution in [-0.4, -0.2) is 23.3 Å². The van der Waals surface area contributed by atoms with E-state index in [0.29, 0.717) is 5.89 Å². The van der Waals surface area contributed by atoms with Crippen molar-refractivity contribution in [1.29, 1.82) is 0 Å². The van der Waals surface area contributed by atoms with Crippen molar-refractivity contribution >= 4 is 5.97 Å². The normalized spacial score (nSPS) is 19.1. The van der Waals surface area contributed by atoms with Crippen molar-refractivity contribution in [3.05, 3.63) is 11.8 Å². The van der Waals surface area contributed by atoms with Crippen LogP contribution < -0.4 is 0 Å². The zero-order valence-corrected chi connectivity index (χ0v) is 8.95. The summed E-state index contributed by atoms with van der Waals surface area (Å²) in [6.07, 6.45) is 4.42. The van der Waals surface area contributed by atoms with Crippen molar-refractivity contribution in [3.63, 3.8) is 0 Å². The van der Waals surface area contributed by atoms with Gasteiger partial charge in [-0.1, -0.05) is 19.8 Å². The summed E-state index contributed by atoms with van der Waals surface area (Å²) < 4.78 is 9.84. The van der Waals surface area contributed by atoms with Crippen LogP contribution >= 0.6 is 0 Å². The minimum atomic E-state index is -0.574. The summed E-state index contributed by atoms with van der Waals surface area (Å²) >= 11 is 0. The molecule has 1 aromatic rings. The first-order valence-corrected chi connectivity index (χ1v) is 5.08. The Hall–Kier alpha value is -1.39.